The number of hydrogen-bond acceptors (Lipinski definition) is 2. The summed E-state index contributed by atoms with van der Waals surface area (Å²) in [6.07, 6.45) is 3.64. The van der Waals surface area contributed by atoms with Crippen LogP contribution in [-0.2, 0) is 9.53 Å². The molecular formula is C10H24N2O2+2. The number of ether oxygens (including phenoxy) is 1. The Hall–Kier alpha value is -0.610. The second-order valence-electron chi connectivity index (χ2n) is 3.49. The number of carbonyl (C=O) groups is 1. The van der Waals surface area contributed by atoms with Gasteiger partial charge < -0.3 is 16.2 Å². The summed E-state index contributed by atoms with van der Waals surface area (Å²) in [6.45, 7) is 4.22. The second kappa shape index (κ2) is 8.97. The molecule has 0 amide bonds. The first kappa shape index (κ1) is 13.4. The normalized spacial score (nSPS) is 12.5. The minimum absolute atomic E-state index is 0.0788. The van der Waals surface area contributed by atoms with Gasteiger partial charge in [-0.2, -0.15) is 0 Å². The van der Waals surface area contributed by atoms with Crippen molar-refractivity contribution in [2.45, 2.75) is 32.6 Å². The van der Waals surface area contributed by atoms with Gasteiger partial charge in [-0.1, -0.05) is 0 Å². The fraction of sp³-hybridized carbons (Fsp3) is 0.900. The molecule has 6 N–H and O–H groups in total. The first-order valence-electron chi connectivity index (χ1n) is 5.48. The van der Waals surface area contributed by atoms with E-state index in [1.807, 2.05) is 6.92 Å². The average Bonchev–Trinajstić information content (AvgIpc) is 2.17. The van der Waals surface area contributed by atoms with Gasteiger partial charge in [-0.05, 0) is 19.8 Å². The molecule has 0 aliphatic rings. The topological polar surface area (TPSA) is 81.6 Å². The van der Waals surface area contributed by atoms with E-state index >= 15 is 0 Å². The number of esters is 1. The molecule has 0 bridgehead atoms. The number of hydrogen-bond donors (Lipinski definition) is 2. The van der Waals surface area contributed by atoms with Gasteiger partial charge in [-0.15, -0.1) is 0 Å². The van der Waals surface area contributed by atoms with E-state index < -0.39 is 0 Å². The maximum absolute atomic E-state index is 11.0. The molecule has 0 saturated carbocycles. The Bertz CT molecular complexity index is 151. The third-order valence-corrected chi connectivity index (χ3v) is 2.32. The molecular weight excluding hydrogens is 180 g/mol. The smallest absolute Gasteiger partial charge is 0.305 e. The van der Waals surface area contributed by atoms with Crippen molar-refractivity contribution in [2.24, 2.45) is 5.92 Å². The molecule has 0 aliphatic heterocycles. The minimum Gasteiger partial charge on any atom is -0.466 e. The highest BCUT2D eigenvalue weighted by molar-refractivity contribution is 5.69. The SMILES string of the molecule is CCOC(=O)CCCC(C[NH3+])CC[NH3+]. The van der Waals surface area contributed by atoms with E-state index in [-0.39, 0.29) is 5.97 Å². The quantitative estimate of drug-likeness (QED) is 0.508. The van der Waals surface area contributed by atoms with Gasteiger partial charge in [0.1, 0.15) is 0 Å². The lowest BCUT2D eigenvalue weighted by Crippen LogP contribution is -2.56. The van der Waals surface area contributed by atoms with Crippen LogP contribution in [0.1, 0.15) is 32.6 Å². The Kier molecular flexibility index (Phi) is 8.57. The van der Waals surface area contributed by atoms with Crippen molar-refractivity contribution in [3.8, 4) is 0 Å². The first-order chi connectivity index (χ1) is 6.74. The lowest BCUT2D eigenvalue weighted by Gasteiger charge is -2.09. The van der Waals surface area contributed by atoms with Gasteiger partial charge in [-0.3, -0.25) is 4.79 Å². The summed E-state index contributed by atoms with van der Waals surface area (Å²) in [7, 11) is 0. The number of carbonyl (C=O) groups excluding carboxylic acids is 1. The zero-order valence-corrected chi connectivity index (χ0v) is 9.26. The van der Waals surface area contributed by atoms with Crippen LogP contribution in [0.15, 0.2) is 0 Å². The van der Waals surface area contributed by atoms with E-state index in [1.165, 1.54) is 0 Å². The summed E-state index contributed by atoms with van der Waals surface area (Å²) in [4.78, 5) is 11.0. The van der Waals surface area contributed by atoms with E-state index in [2.05, 4.69) is 11.5 Å². The van der Waals surface area contributed by atoms with Crippen molar-refractivity contribution >= 4 is 5.97 Å². The standard InChI is InChI=1S/C10H22N2O2/c1-2-14-10(13)5-3-4-9(8-12)6-7-11/h9H,2-8,11-12H2,1H3/p+2. The second-order valence-corrected chi connectivity index (χ2v) is 3.49. The molecule has 14 heavy (non-hydrogen) atoms. The zero-order valence-electron chi connectivity index (χ0n) is 9.26. The van der Waals surface area contributed by atoms with Crippen LogP contribution >= 0.6 is 0 Å². The molecule has 0 aromatic carbocycles. The van der Waals surface area contributed by atoms with Crippen LogP contribution in [-0.4, -0.2) is 25.7 Å². The summed E-state index contributed by atoms with van der Waals surface area (Å²) in [6, 6.07) is 0. The Balaban J connectivity index is 3.45. The predicted octanol–water partition coefficient (Wildman–Crippen LogP) is -0.790. The molecule has 0 spiro atoms. The molecule has 0 radical (unpaired) electrons. The van der Waals surface area contributed by atoms with Crippen molar-refractivity contribution in [3.63, 3.8) is 0 Å². The van der Waals surface area contributed by atoms with Crippen LogP contribution in [0.4, 0.5) is 0 Å². The van der Waals surface area contributed by atoms with Gasteiger partial charge in [0.25, 0.3) is 0 Å². The number of quaternary nitrogens is 2. The Morgan fingerprint density at radius 1 is 1.36 bits per heavy atom. The molecule has 0 saturated heterocycles. The van der Waals surface area contributed by atoms with Crippen LogP contribution in [0.5, 0.6) is 0 Å². The Labute approximate surface area is 86.0 Å². The summed E-state index contributed by atoms with van der Waals surface area (Å²) in [5.41, 5.74) is 7.72. The molecule has 1 unspecified atom stereocenters. The van der Waals surface area contributed by atoms with Crippen LogP contribution in [0.3, 0.4) is 0 Å². The molecule has 0 aliphatic carbocycles. The van der Waals surface area contributed by atoms with Crippen LogP contribution in [0.2, 0.25) is 0 Å². The van der Waals surface area contributed by atoms with E-state index in [4.69, 9.17) is 4.74 Å². The zero-order chi connectivity index (χ0) is 10.8. The minimum atomic E-state index is -0.0788. The predicted molar refractivity (Wildman–Crippen MR) is 54.1 cm³/mol. The third-order valence-electron chi connectivity index (χ3n) is 2.32. The molecule has 0 heterocycles. The number of rotatable bonds is 8. The first-order valence-corrected chi connectivity index (χ1v) is 5.48. The summed E-state index contributed by atoms with van der Waals surface area (Å²) in [5, 5.41) is 0. The summed E-state index contributed by atoms with van der Waals surface area (Å²) >= 11 is 0. The molecule has 0 aromatic heterocycles. The molecule has 0 aromatic rings. The average molecular weight is 204 g/mol. The molecule has 0 rings (SSSR count). The highest BCUT2D eigenvalue weighted by Crippen LogP contribution is 2.10. The third kappa shape index (κ3) is 6.86. The maximum atomic E-state index is 11.0. The van der Waals surface area contributed by atoms with Gasteiger partial charge in [0.15, 0.2) is 0 Å². The van der Waals surface area contributed by atoms with E-state index in [0.29, 0.717) is 18.9 Å². The van der Waals surface area contributed by atoms with Crippen LogP contribution in [0.25, 0.3) is 0 Å². The van der Waals surface area contributed by atoms with Crippen molar-refractivity contribution in [1.29, 1.82) is 0 Å². The Morgan fingerprint density at radius 3 is 2.57 bits per heavy atom. The fourth-order valence-corrected chi connectivity index (χ4v) is 1.49. The Morgan fingerprint density at radius 2 is 2.07 bits per heavy atom. The van der Waals surface area contributed by atoms with Crippen molar-refractivity contribution in [1.82, 2.24) is 0 Å². The van der Waals surface area contributed by atoms with Gasteiger partial charge >= 0.3 is 5.97 Å². The van der Waals surface area contributed by atoms with E-state index in [0.717, 1.165) is 32.4 Å². The van der Waals surface area contributed by atoms with Gasteiger partial charge in [0.05, 0.1) is 19.7 Å². The largest absolute Gasteiger partial charge is 0.466 e. The monoisotopic (exact) mass is 204 g/mol. The van der Waals surface area contributed by atoms with E-state index in [9.17, 15) is 4.79 Å². The maximum Gasteiger partial charge on any atom is 0.305 e. The van der Waals surface area contributed by atoms with E-state index in [1.54, 1.807) is 0 Å². The highest BCUT2D eigenvalue weighted by atomic mass is 16.5. The van der Waals surface area contributed by atoms with Crippen molar-refractivity contribution in [3.05, 3.63) is 0 Å². The summed E-state index contributed by atoms with van der Waals surface area (Å²) < 4.78 is 4.85. The lowest BCUT2D eigenvalue weighted by atomic mass is 9.99. The molecule has 4 nitrogen and oxygen atoms in total. The van der Waals surface area contributed by atoms with Gasteiger partial charge in [0, 0.05) is 18.8 Å². The van der Waals surface area contributed by atoms with Crippen molar-refractivity contribution in [2.75, 3.05) is 19.7 Å². The van der Waals surface area contributed by atoms with Crippen molar-refractivity contribution < 1.29 is 21.0 Å². The molecule has 84 valence electrons. The molecule has 1 atom stereocenters. The van der Waals surface area contributed by atoms with Crippen LogP contribution < -0.4 is 11.5 Å². The molecule has 4 heteroatoms. The van der Waals surface area contributed by atoms with Gasteiger partial charge in [-0.25, -0.2) is 0 Å². The fourth-order valence-electron chi connectivity index (χ4n) is 1.49. The highest BCUT2D eigenvalue weighted by Gasteiger charge is 2.10. The lowest BCUT2D eigenvalue weighted by molar-refractivity contribution is -0.394. The van der Waals surface area contributed by atoms with Gasteiger partial charge in [0.2, 0.25) is 0 Å². The molecule has 0 fully saturated rings. The summed E-state index contributed by atoms with van der Waals surface area (Å²) in [5.74, 6) is 0.548. The van der Waals surface area contributed by atoms with Crippen LogP contribution in [0, 0.1) is 5.92 Å².